The molecule has 0 fully saturated rings. The number of hydrogen-bond donors (Lipinski definition) is 2. The van der Waals surface area contributed by atoms with Crippen LogP contribution in [0.25, 0.3) is 0 Å². The summed E-state index contributed by atoms with van der Waals surface area (Å²) in [6.07, 6.45) is 4.15. The molecule has 1 unspecified atom stereocenters. The van der Waals surface area contributed by atoms with Crippen molar-refractivity contribution in [3.05, 3.63) is 12.2 Å². The largest absolute Gasteiger partial charge is 0.460 e. The van der Waals surface area contributed by atoms with Crippen LogP contribution in [-0.2, 0) is 9.53 Å². The molecule has 4 heteroatoms. The van der Waals surface area contributed by atoms with E-state index in [1.54, 1.807) is 6.92 Å². The van der Waals surface area contributed by atoms with Gasteiger partial charge in [0.05, 0.1) is 0 Å². The van der Waals surface area contributed by atoms with Crippen LogP contribution < -0.4 is 5.32 Å². The summed E-state index contributed by atoms with van der Waals surface area (Å²) >= 11 is 0. The topological polar surface area (TPSA) is 58.6 Å². The number of hydrogen-bond acceptors (Lipinski definition) is 4. The van der Waals surface area contributed by atoms with E-state index in [4.69, 9.17) is 4.74 Å². The van der Waals surface area contributed by atoms with Gasteiger partial charge in [-0.1, -0.05) is 32.8 Å². The van der Waals surface area contributed by atoms with Crippen LogP contribution in [0, 0.1) is 0 Å². The van der Waals surface area contributed by atoms with Crippen molar-refractivity contribution in [2.45, 2.75) is 45.6 Å². The highest BCUT2D eigenvalue weighted by molar-refractivity contribution is 5.86. The van der Waals surface area contributed by atoms with Gasteiger partial charge >= 0.3 is 5.97 Å². The van der Waals surface area contributed by atoms with E-state index >= 15 is 0 Å². The van der Waals surface area contributed by atoms with Gasteiger partial charge in [0.25, 0.3) is 0 Å². The van der Waals surface area contributed by atoms with Gasteiger partial charge in [0.2, 0.25) is 0 Å². The fourth-order valence-corrected chi connectivity index (χ4v) is 1.30. The second-order valence-electron chi connectivity index (χ2n) is 4.30. The summed E-state index contributed by atoms with van der Waals surface area (Å²) in [4.78, 5) is 11.0. The molecular weight excluding hydrogens is 218 g/mol. The summed E-state index contributed by atoms with van der Waals surface area (Å²) in [5.41, 5.74) is 0.352. The molecule has 2 N–H and O–H groups in total. The highest BCUT2D eigenvalue weighted by atomic mass is 16.5. The molecule has 100 valence electrons. The molecular formula is C13H25NO3. The van der Waals surface area contributed by atoms with Crippen LogP contribution in [0.1, 0.15) is 39.5 Å². The fourth-order valence-electron chi connectivity index (χ4n) is 1.30. The molecule has 0 aliphatic rings. The van der Waals surface area contributed by atoms with Crippen molar-refractivity contribution in [2.24, 2.45) is 0 Å². The lowest BCUT2D eigenvalue weighted by atomic mass is 10.2. The first-order valence-corrected chi connectivity index (χ1v) is 6.29. The summed E-state index contributed by atoms with van der Waals surface area (Å²) in [5, 5.41) is 12.6. The Morgan fingerprint density at radius 3 is 2.71 bits per heavy atom. The first-order valence-electron chi connectivity index (χ1n) is 6.29. The molecule has 0 spiro atoms. The molecule has 0 rings (SSSR count). The Kier molecular flexibility index (Phi) is 9.77. The van der Waals surface area contributed by atoms with E-state index in [2.05, 4.69) is 18.8 Å². The third-order valence-corrected chi connectivity index (χ3v) is 2.34. The smallest absolute Gasteiger partial charge is 0.333 e. The van der Waals surface area contributed by atoms with E-state index in [9.17, 15) is 9.90 Å². The molecule has 0 bridgehead atoms. The molecule has 0 heterocycles. The van der Waals surface area contributed by atoms with Crippen molar-refractivity contribution in [3.63, 3.8) is 0 Å². The number of unbranched alkanes of at least 4 members (excludes halogenated alkanes) is 3. The lowest BCUT2D eigenvalue weighted by molar-refractivity contribution is -0.141. The van der Waals surface area contributed by atoms with E-state index in [0.29, 0.717) is 12.1 Å². The number of carbonyl (C=O) groups excluding carboxylic acids is 1. The molecule has 0 aromatic carbocycles. The molecule has 0 aromatic rings. The van der Waals surface area contributed by atoms with Gasteiger partial charge in [-0.3, -0.25) is 0 Å². The number of aliphatic hydroxyl groups excluding tert-OH is 1. The number of nitrogens with one attached hydrogen (secondary N) is 1. The molecule has 17 heavy (non-hydrogen) atoms. The first kappa shape index (κ1) is 16.1. The number of ether oxygens (including phenoxy) is 1. The second-order valence-corrected chi connectivity index (χ2v) is 4.30. The predicted molar refractivity (Wildman–Crippen MR) is 68.8 cm³/mol. The Bertz CT molecular complexity index is 229. The maximum Gasteiger partial charge on any atom is 0.333 e. The zero-order valence-electron chi connectivity index (χ0n) is 11.0. The predicted octanol–water partition coefficient (Wildman–Crippen LogP) is 1.64. The Labute approximate surface area is 104 Å². The highest BCUT2D eigenvalue weighted by Crippen LogP contribution is 1.97. The number of rotatable bonds is 10. The Balaban J connectivity index is 3.37. The first-order chi connectivity index (χ1) is 8.07. The van der Waals surface area contributed by atoms with Gasteiger partial charge < -0.3 is 15.2 Å². The Hall–Kier alpha value is -0.870. The zero-order chi connectivity index (χ0) is 13.1. The van der Waals surface area contributed by atoms with Crippen LogP contribution in [-0.4, -0.2) is 36.9 Å². The van der Waals surface area contributed by atoms with Gasteiger partial charge in [-0.2, -0.15) is 0 Å². The molecule has 0 radical (unpaired) electrons. The zero-order valence-corrected chi connectivity index (χ0v) is 11.0. The van der Waals surface area contributed by atoms with Crippen molar-refractivity contribution in [1.82, 2.24) is 5.32 Å². The molecule has 0 aliphatic carbocycles. The minimum Gasteiger partial charge on any atom is -0.460 e. The lowest BCUT2D eigenvalue weighted by Gasteiger charge is -2.12. The second kappa shape index (κ2) is 10.3. The molecule has 0 saturated heterocycles. The van der Waals surface area contributed by atoms with Gasteiger partial charge in [-0.25, -0.2) is 4.79 Å². The Morgan fingerprint density at radius 1 is 1.41 bits per heavy atom. The number of carbonyl (C=O) groups is 1. The third kappa shape index (κ3) is 10.0. The van der Waals surface area contributed by atoms with Gasteiger partial charge in [0.15, 0.2) is 0 Å². The molecule has 0 amide bonds. The van der Waals surface area contributed by atoms with E-state index in [1.165, 1.54) is 19.3 Å². The molecule has 1 atom stereocenters. The van der Waals surface area contributed by atoms with E-state index in [-0.39, 0.29) is 6.61 Å². The van der Waals surface area contributed by atoms with Crippen molar-refractivity contribution in [1.29, 1.82) is 0 Å². The van der Waals surface area contributed by atoms with Crippen LogP contribution in [0.5, 0.6) is 0 Å². The number of esters is 1. The van der Waals surface area contributed by atoms with E-state index in [1.807, 2.05) is 0 Å². The lowest BCUT2D eigenvalue weighted by Crippen LogP contribution is -2.31. The van der Waals surface area contributed by atoms with E-state index in [0.717, 1.165) is 13.0 Å². The van der Waals surface area contributed by atoms with Crippen LogP contribution in [0.2, 0.25) is 0 Å². The minimum atomic E-state index is -0.649. The fraction of sp³-hybridized carbons (Fsp3) is 0.769. The van der Waals surface area contributed by atoms with Crippen LogP contribution in [0.3, 0.4) is 0 Å². The summed E-state index contributed by atoms with van der Waals surface area (Å²) in [6, 6.07) is 0. The van der Waals surface area contributed by atoms with Crippen molar-refractivity contribution in [2.75, 3.05) is 19.7 Å². The summed E-state index contributed by atoms with van der Waals surface area (Å²) in [7, 11) is 0. The van der Waals surface area contributed by atoms with Gasteiger partial charge in [0, 0.05) is 12.1 Å². The SMILES string of the molecule is C=C(C)C(=O)OCC(O)CNCCCCCC. The van der Waals surface area contributed by atoms with Crippen LogP contribution in [0.15, 0.2) is 12.2 Å². The van der Waals surface area contributed by atoms with Crippen LogP contribution in [0.4, 0.5) is 0 Å². The monoisotopic (exact) mass is 243 g/mol. The standard InChI is InChI=1S/C13H25NO3/c1-4-5-6-7-8-14-9-12(15)10-17-13(16)11(2)3/h12,14-15H,2,4-10H2,1,3H3. The average Bonchev–Trinajstić information content (AvgIpc) is 2.30. The Morgan fingerprint density at radius 2 is 2.12 bits per heavy atom. The molecule has 0 aliphatic heterocycles. The molecule has 0 aromatic heterocycles. The summed E-state index contributed by atoms with van der Waals surface area (Å²) < 4.78 is 4.83. The van der Waals surface area contributed by atoms with E-state index < -0.39 is 12.1 Å². The van der Waals surface area contributed by atoms with Gasteiger partial charge in [-0.05, 0) is 19.9 Å². The van der Waals surface area contributed by atoms with Crippen molar-refractivity contribution in [3.8, 4) is 0 Å². The highest BCUT2D eigenvalue weighted by Gasteiger charge is 2.08. The van der Waals surface area contributed by atoms with Crippen LogP contribution >= 0.6 is 0 Å². The average molecular weight is 243 g/mol. The quantitative estimate of drug-likeness (QED) is 0.348. The maximum atomic E-state index is 11.0. The minimum absolute atomic E-state index is 0.0215. The summed E-state index contributed by atoms with van der Waals surface area (Å²) in [6.45, 7) is 8.59. The third-order valence-electron chi connectivity index (χ3n) is 2.34. The van der Waals surface area contributed by atoms with Crippen molar-refractivity contribution < 1.29 is 14.6 Å². The van der Waals surface area contributed by atoms with Gasteiger partial charge in [0.1, 0.15) is 12.7 Å². The van der Waals surface area contributed by atoms with Crippen molar-refractivity contribution >= 4 is 5.97 Å². The molecule has 0 saturated carbocycles. The van der Waals surface area contributed by atoms with Gasteiger partial charge in [-0.15, -0.1) is 0 Å². The maximum absolute atomic E-state index is 11.0. The molecule has 4 nitrogen and oxygen atoms in total. The normalized spacial score (nSPS) is 12.2. The number of aliphatic hydroxyl groups is 1. The summed E-state index contributed by atoms with van der Waals surface area (Å²) in [5.74, 6) is -0.452.